The third kappa shape index (κ3) is 3.00. The van der Waals surface area contributed by atoms with Crippen LogP contribution in [0, 0.1) is 6.92 Å². The van der Waals surface area contributed by atoms with Crippen molar-refractivity contribution in [3.63, 3.8) is 0 Å². The van der Waals surface area contributed by atoms with Crippen LogP contribution in [-0.2, 0) is 15.1 Å². The van der Waals surface area contributed by atoms with Crippen molar-refractivity contribution in [2.24, 2.45) is 5.73 Å². The largest absolute Gasteiger partial charge is 0.467 e. The van der Waals surface area contributed by atoms with Crippen LogP contribution in [0.4, 0.5) is 0 Å². The second-order valence-electron chi connectivity index (χ2n) is 4.20. The molecule has 1 atom stereocenters. The molecule has 0 saturated heterocycles. The molecule has 0 spiro atoms. The Balaban J connectivity index is 2.22. The molecule has 2 rings (SSSR count). The van der Waals surface area contributed by atoms with E-state index in [0.29, 0.717) is 16.7 Å². The Morgan fingerprint density at radius 3 is 2.65 bits per heavy atom. The molecule has 106 valence electrons. The highest BCUT2D eigenvalue weighted by molar-refractivity contribution is 7.99. The van der Waals surface area contributed by atoms with Gasteiger partial charge in [0.05, 0.1) is 7.11 Å². The average Bonchev–Trinajstić information content (AvgIpc) is 2.90. The first-order valence-corrected chi connectivity index (χ1v) is 6.90. The minimum atomic E-state index is -1.26. The second kappa shape index (κ2) is 6.06. The van der Waals surface area contributed by atoms with E-state index in [4.69, 9.17) is 14.9 Å². The standard InChI is InChI=1S/C13H15N3O3S/c1-9-15-16-12(19-9)20-8-13(14,11(17)18-2)10-6-4-3-5-7-10/h3-7H,8,14H2,1-2H3. The lowest BCUT2D eigenvalue weighted by atomic mass is 9.93. The van der Waals surface area contributed by atoms with Gasteiger partial charge in [-0.1, -0.05) is 42.1 Å². The lowest BCUT2D eigenvalue weighted by Crippen LogP contribution is -2.48. The number of aryl methyl sites for hydroxylation is 1. The zero-order chi connectivity index (χ0) is 14.6. The Hall–Kier alpha value is -1.86. The zero-order valence-corrected chi connectivity index (χ0v) is 12.0. The van der Waals surface area contributed by atoms with Gasteiger partial charge >= 0.3 is 5.97 Å². The number of nitrogens with zero attached hydrogens (tertiary/aromatic N) is 2. The van der Waals surface area contributed by atoms with E-state index in [9.17, 15) is 4.79 Å². The fraction of sp³-hybridized carbons (Fsp3) is 0.308. The molecule has 1 heterocycles. The Bertz CT molecular complexity index is 588. The molecule has 0 amide bonds. The van der Waals surface area contributed by atoms with E-state index >= 15 is 0 Å². The Morgan fingerprint density at radius 1 is 1.40 bits per heavy atom. The Kier molecular flexibility index (Phi) is 4.41. The number of hydrogen-bond donors (Lipinski definition) is 1. The van der Waals surface area contributed by atoms with Crippen LogP contribution in [0.3, 0.4) is 0 Å². The maximum absolute atomic E-state index is 12.0. The summed E-state index contributed by atoms with van der Waals surface area (Å²) in [6, 6.07) is 9.07. The molecule has 0 bridgehead atoms. The molecule has 0 aliphatic rings. The number of carbonyl (C=O) groups excluding carboxylic acids is 1. The van der Waals surface area contributed by atoms with Gasteiger partial charge in [0.25, 0.3) is 5.22 Å². The molecule has 1 unspecified atom stereocenters. The van der Waals surface area contributed by atoms with Crippen LogP contribution in [0.15, 0.2) is 40.0 Å². The predicted molar refractivity (Wildman–Crippen MR) is 74.1 cm³/mol. The van der Waals surface area contributed by atoms with Crippen LogP contribution in [0.5, 0.6) is 0 Å². The maximum Gasteiger partial charge on any atom is 0.331 e. The van der Waals surface area contributed by atoms with Crippen molar-refractivity contribution in [2.75, 3.05) is 12.9 Å². The van der Waals surface area contributed by atoms with E-state index in [1.807, 2.05) is 18.2 Å². The van der Waals surface area contributed by atoms with Crippen molar-refractivity contribution in [2.45, 2.75) is 17.7 Å². The summed E-state index contributed by atoms with van der Waals surface area (Å²) in [4.78, 5) is 12.0. The van der Waals surface area contributed by atoms with Gasteiger partial charge < -0.3 is 14.9 Å². The minimum absolute atomic E-state index is 0.241. The lowest BCUT2D eigenvalue weighted by Gasteiger charge is -2.25. The van der Waals surface area contributed by atoms with Gasteiger partial charge in [-0.3, -0.25) is 0 Å². The summed E-state index contributed by atoms with van der Waals surface area (Å²) in [5.41, 5.74) is 5.66. The molecule has 2 N–H and O–H groups in total. The molecule has 0 aliphatic heterocycles. The first-order chi connectivity index (χ1) is 9.56. The summed E-state index contributed by atoms with van der Waals surface area (Å²) in [6.07, 6.45) is 0. The second-order valence-corrected chi connectivity index (χ2v) is 5.13. The topological polar surface area (TPSA) is 91.2 Å². The fourth-order valence-electron chi connectivity index (χ4n) is 1.69. The third-order valence-electron chi connectivity index (χ3n) is 2.77. The van der Waals surface area contributed by atoms with Crippen molar-refractivity contribution in [1.29, 1.82) is 0 Å². The number of benzene rings is 1. The van der Waals surface area contributed by atoms with Gasteiger partial charge in [-0.25, -0.2) is 4.79 Å². The van der Waals surface area contributed by atoms with E-state index in [1.165, 1.54) is 18.9 Å². The third-order valence-corrected chi connectivity index (χ3v) is 3.78. The smallest absolute Gasteiger partial charge is 0.331 e. The van der Waals surface area contributed by atoms with Crippen LogP contribution >= 0.6 is 11.8 Å². The number of methoxy groups -OCH3 is 1. The fourth-order valence-corrected chi connectivity index (χ4v) is 2.60. The molecule has 20 heavy (non-hydrogen) atoms. The van der Waals surface area contributed by atoms with E-state index in [2.05, 4.69) is 10.2 Å². The van der Waals surface area contributed by atoms with Crippen molar-refractivity contribution < 1.29 is 13.9 Å². The molecular weight excluding hydrogens is 278 g/mol. The molecule has 1 aromatic carbocycles. The van der Waals surface area contributed by atoms with Gasteiger partial charge in [0.1, 0.15) is 5.54 Å². The molecule has 2 aromatic rings. The van der Waals surface area contributed by atoms with Gasteiger partial charge in [0.15, 0.2) is 0 Å². The highest BCUT2D eigenvalue weighted by Crippen LogP contribution is 2.28. The molecule has 0 fully saturated rings. The van der Waals surface area contributed by atoms with Crippen LogP contribution in [0.2, 0.25) is 0 Å². The minimum Gasteiger partial charge on any atom is -0.467 e. The Morgan fingerprint density at radius 2 is 2.10 bits per heavy atom. The summed E-state index contributed by atoms with van der Waals surface area (Å²) in [5.74, 6) is 0.200. The number of rotatable bonds is 5. The normalized spacial score (nSPS) is 13.8. The maximum atomic E-state index is 12.0. The zero-order valence-electron chi connectivity index (χ0n) is 11.2. The van der Waals surface area contributed by atoms with Crippen LogP contribution in [0.1, 0.15) is 11.5 Å². The summed E-state index contributed by atoms with van der Waals surface area (Å²) in [5, 5.41) is 7.97. The first kappa shape index (κ1) is 14.5. The van der Waals surface area contributed by atoms with Crippen LogP contribution in [0.25, 0.3) is 0 Å². The summed E-state index contributed by atoms with van der Waals surface area (Å²) >= 11 is 1.22. The molecule has 7 heteroatoms. The van der Waals surface area contributed by atoms with Crippen molar-refractivity contribution in [1.82, 2.24) is 10.2 Å². The average molecular weight is 293 g/mol. The molecule has 0 radical (unpaired) electrons. The van der Waals surface area contributed by atoms with Crippen LogP contribution in [-0.4, -0.2) is 29.0 Å². The van der Waals surface area contributed by atoms with Crippen LogP contribution < -0.4 is 5.73 Å². The summed E-state index contributed by atoms with van der Waals surface area (Å²) in [7, 11) is 1.31. The molecule has 1 aromatic heterocycles. The summed E-state index contributed by atoms with van der Waals surface area (Å²) < 4.78 is 10.1. The van der Waals surface area contributed by atoms with E-state index in [1.54, 1.807) is 19.1 Å². The first-order valence-electron chi connectivity index (χ1n) is 5.92. The number of hydrogen-bond acceptors (Lipinski definition) is 7. The number of nitrogens with two attached hydrogens (primary N) is 1. The van der Waals surface area contributed by atoms with E-state index < -0.39 is 11.5 Å². The quantitative estimate of drug-likeness (QED) is 0.659. The predicted octanol–water partition coefficient (Wildman–Crippen LogP) is 1.50. The molecule has 0 aliphatic carbocycles. The van der Waals surface area contributed by atoms with Crippen molar-refractivity contribution in [3.8, 4) is 0 Å². The molecular formula is C13H15N3O3S. The van der Waals surface area contributed by atoms with Gasteiger partial charge in [-0.2, -0.15) is 0 Å². The Labute approximate surface area is 120 Å². The molecule has 0 saturated carbocycles. The van der Waals surface area contributed by atoms with Crippen molar-refractivity contribution in [3.05, 3.63) is 41.8 Å². The summed E-state index contributed by atoms with van der Waals surface area (Å²) in [6.45, 7) is 1.70. The van der Waals surface area contributed by atoms with E-state index in [0.717, 1.165) is 0 Å². The number of carbonyl (C=O) groups is 1. The van der Waals surface area contributed by atoms with Gasteiger partial charge in [0.2, 0.25) is 5.89 Å². The lowest BCUT2D eigenvalue weighted by molar-refractivity contribution is -0.146. The number of thioether (sulfide) groups is 1. The van der Waals surface area contributed by atoms with Gasteiger partial charge in [0, 0.05) is 12.7 Å². The van der Waals surface area contributed by atoms with Gasteiger partial charge in [-0.05, 0) is 5.56 Å². The molecule has 6 nitrogen and oxygen atoms in total. The number of ether oxygens (including phenoxy) is 1. The highest BCUT2D eigenvalue weighted by atomic mass is 32.2. The number of esters is 1. The number of aromatic nitrogens is 2. The van der Waals surface area contributed by atoms with Gasteiger partial charge in [-0.15, -0.1) is 10.2 Å². The highest BCUT2D eigenvalue weighted by Gasteiger charge is 2.37. The van der Waals surface area contributed by atoms with E-state index in [-0.39, 0.29) is 5.75 Å². The SMILES string of the molecule is COC(=O)C(N)(CSc1nnc(C)o1)c1ccccc1. The van der Waals surface area contributed by atoms with Crippen molar-refractivity contribution >= 4 is 17.7 Å². The monoisotopic (exact) mass is 293 g/mol.